The molecule has 0 bridgehead atoms. The van der Waals surface area contributed by atoms with Gasteiger partial charge in [0.05, 0.1) is 10.8 Å². The van der Waals surface area contributed by atoms with E-state index in [4.69, 9.17) is 28.9 Å². The van der Waals surface area contributed by atoms with E-state index in [1.165, 1.54) is 11.8 Å². The number of benzene rings is 1. The van der Waals surface area contributed by atoms with Gasteiger partial charge in [0.15, 0.2) is 11.0 Å². The largest absolute Gasteiger partial charge is 0.369 e. The number of piperidine rings is 1. The zero-order valence-electron chi connectivity index (χ0n) is 17.0. The highest BCUT2D eigenvalue weighted by atomic mass is 35.5. The highest BCUT2D eigenvalue weighted by Crippen LogP contribution is 2.32. The van der Waals surface area contributed by atoms with Gasteiger partial charge in [-0.05, 0) is 37.0 Å². The summed E-state index contributed by atoms with van der Waals surface area (Å²) in [5, 5.41) is 10.4. The van der Waals surface area contributed by atoms with Crippen LogP contribution in [0.1, 0.15) is 26.7 Å². The molecule has 0 aliphatic carbocycles. The van der Waals surface area contributed by atoms with Gasteiger partial charge < -0.3 is 15.2 Å². The van der Waals surface area contributed by atoms with E-state index in [0.717, 1.165) is 5.56 Å². The van der Waals surface area contributed by atoms with Gasteiger partial charge >= 0.3 is 0 Å². The molecule has 10 heteroatoms. The average molecular weight is 470 g/mol. The van der Waals surface area contributed by atoms with Crippen LogP contribution in [0.3, 0.4) is 0 Å². The van der Waals surface area contributed by atoms with Crippen LogP contribution in [0.25, 0.3) is 11.4 Å². The molecule has 1 saturated heterocycles. The van der Waals surface area contributed by atoms with Gasteiger partial charge in [-0.15, -0.1) is 10.2 Å². The normalized spacial score (nSPS) is 15.0. The fourth-order valence-corrected chi connectivity index (χ4v) is 4.77. The second-order valence-corrected chi connectivity index (χ2v) is 9.57. The van der Waals surface area contributed by atoms with Gasteiger partial charge in [-0.2, -0.15) is 0 Å². The maximum absolute atomic E-state index is 12.6. The van der Waals surface area contributed by atoms with Crippen LogP contribution in [-0.2, 0) is 16.1 Å². The summed E-state index contributed by atoms with van der Waals surface area (Å²) in [4.78, 5) is 25.7. The van der Waals surface area contributed by atoms with E-state index < -0.39 is 0 Å². The number of nitrogens with zero attached hydrogens (tertiary/aromatic N) is 4. The number of hydrogen-bond acceptors (Lipinski definition) is 5. The summed E-state index contributed by atoms with van der Waals surface area (Å²) in [6.07, 6.45) is 1.24. The molecule has 2 heterocycles. The number of carbonyl (C=O) groups is 2. The summed E-state index contributed by atoms with van der Waals surface area (Å²) in [5.41, 5.74) is 6.12. The molecule has 1 aliphatic heterocycles. The van der Waals surface area contributed by atoms with Crippen LogP contribution in [-0.4, -0.2) is 50.3 Å². The first kappa shape index (κ1) is 22.9. The molecular formula is C20H25Cl2N5O2S. The van der Waals surface area contributed by atoms with E-state index in [0.29, 0.717) is 59.4 Å². The Morgan fingerprint density at radius 2 is 1.93 bits per heavy atom. The number of carbonyl (C=O) groups excluding carboxylic acids is 2. The summed E-state index contributed by atoms with van der Waals surface area (Å²) in [6, 6.07) is 5.27. The third-order valence-corrected chi connectivity index (χ3v) is 6.51. The Bertz CT molecular complexity index is 926. The lowest BCUT2D eigenvalue weighted by atomic mass is 9.96. The molecular weight excluding hydrogens is 445 g/mol. The number of halogens is 2. The quantitative estimate of drug-likeness (QED) is 0.623. The van der Waals surface area contributed by atoms with Crippen molar-refractivity contribution in [1.82, 2.24) is 19.7 Å². The van der Waals surface area contributed by atoms with Gasteiger partial charge in [-0.1, -0.05) is 48.8 Å². The Kier molecular flexibility index (Phi) is 7.65. The number of hydrogen-bond donors (Lipinski definition) is 1. The predicted octanol–water partition coefficient (Wildman–Crippen LogP) is 3.72. The zero-order valence-corrected chi connectivity index (χ0v) is 19.3. The Balaban J connectivity index is 1.72. The number of primary amides is 1. The van der Waals surface area contributed by atoms with Gasteiger partial charge in [-0.25, -0.2) is 0 Å². The molecule has 2 aromatic rings. The third-order valence-electron chi connectivity index (χ3n) is 5.01. The highest BCUT2D eigenvalue weighted by Gasteiger charge is 2.26. The van der Waals surface area contributed by atoms with E-state index >= 15 is 0 Å². The maximum atomic E-state index is 12.6. The average Bonchev–Trinajstić information content (AvgIpc) is 3.07. The van der Waals surface area contributed by atoms with Crippen molar-refractivity contribution >= 4 is 46.8 Å². The molecule has 0 radical (unpaired) electrons. The molecule has 1 aromatic heterocycles. The van der Waals surface area contributed by atoms with Crippen molar-refractivity contribution in [3.05, 3.63) is 28.2 Å². The Morgan fingerprint density at radius 3 is 2.53 bits per heavy atom. The van der Waals surface area contributed by atoms with E-state index in [-0.39, 0.29) is 23.5 Å². The molecule has 7 nitrogen and oxygen atoms in total. The van der Waals surface area contributed by atoms with E-state index in [2.05, 4.69) is 24.0 Å². The molecule has 2 amide bonds. The van der Waals surface area contributed by atoms with Gasteiger partial charge in [0.1, 0.15) is 0 Å². The molecule has 162 valence electrons. The van der Waals surface area contributed by atoms with Crippen molar-refractivity contribution in [3.63, 3.8) is 0 Å². The molecule has 1 fully saturated rings. The first-order valence-electron chi connectivity index (χ1n) is 9.84. The topological polar surface area (TPSA) is 94.1 Å². The minimum Gasteiger partial charge on any atom is -0.369 e. The lowest BCUT2D eigenvalue weighted by molar-refractivity contribution is -0.132. The number of thioether (sulfide) groups is 1. The first-order chi connectivity index (χ1) is 14.3. The zero-order chi connectivity index (χ0) is 21.8. The van der Waals surface area contributed by atoms with Gasteiger partial charge in [0, 0.05) is 36.1 Å². The molecule has 0 spiro atoms. The summed E-state index contributed by atoms with van der Waals surface area (Å²) in [6.45, 7) is 6.02. The second-order valence-electron chi connectivity index (χ2n) is 7.78. The fraction of sp³-hybridized carbons (Fsp3) is 0.500. The van der Waals surface area contributed by atoms with Crippen molar-refractivity contribution in [2.45, 2.75) is 38.4 Å². The van der Waals surface area contributed by atoms with E-state index in [1.807, 2.05) is 10.6 Å². The lowest BCUT2D eigenvalue weighted by Crippen LogP contribution is -2.42. The summed E-state index contributed by atoms with van der Waals surface area (Å²) < 4.78 is 2.00. The van der Waals surface area contributed by atoms with E-state index in [1.54, 1.807) is 17.0 Å². The smallest absolute Gasteiger partial charge is 0.233 e. The number of nitrogens with two attached hydrogens (primary N) is 1. The van der Waals surface area contributed by atoms with Crippen molar-refractivity contribution in [2.75, 3.05) is 18.8 Å². The molecule has 0 atom stereocenters. The maximum Gasteiger partial charge on any atom is 0.233 e. The Hall–Kier alpha value is -1.77. The summed E-state index contributed by atoms with van der Waals surface area (Å²) >= 11 is 13.8. The van der Waals surface area contributed by atoms with Crippen LogP contribution in [0, 0.1) is 11.8 Å². The molecule has 0 unspecified atom stereocenters. The SMILES string of the molecule is CC(C)Cn1c(SCC(=O)N2CCC(C(N)=O)CC2)nnc1-c1ccc(Cl)cc1Cl. The van der Waals surface area contributed by atoms with E-state index in [9.17, 15) is 9.59 Å². The van der Waals surface area contributed by atoms with Crippen LogP contribution in [0.4, 0.5) is 0 Å². The molecule has 30 heavy (non-hydrogen) atoms. The Labute approximate surface area is 190 Å². The van der Waals surface area contributed by atoms with Crippen LogP contribution in [0.2, 0.25) is 10.0 Å². The first-order valence-corrected chi connectivity index (χ1v) is 11.6. The standard InChI is InChI=1S/C20H25Cl2N5O2S/c1-12(2)10-27-19(15-4-3-14(21)9-16(15)22)24-25-20(27)30-11-17(28)26-7-5-13(6-8-26)18(23)29/h3-4,9,12-13H,5-8,10-11H2,1-2H3,(H2,23,29). The fourth-order valence-electron chi connectivity index (χ4n) is 3.43. The minimum atomic E-state index is -0.286. The van der Waals surface area contributed by atoms with Crippen molar-refractivity contribution < 1.29 is 9.59 Å². The summed E-state index contributed by atoms with van der Waals surface area (Å²) in [5.74, 6) is 0.866. The Morgan fingerprint density at radius 1 is 1.23 bits per heavy atom. The summed E-state index contributed by atoms with van der Waals surface area (Å²) in [7, 11) is 0. The lowest BCUT2D eigenvalue weighted by Gasteiger charge is -2.30. The van der Waals surface area contributed by atoms with Crippen LogP contribution in [0.15, 0.2) is 23.4 Å². The predicted molar refractivity (Wildman–Crippen MR) is 120 cm³/mol. The molecule has 0 saturated carbocycles. The van der Waals surface area contributed by atoms with Gasteiger partial charge in [0.25, 0.3) is 0 Å². The van der Waals surface area contributed by atoms with Gasteiger partial charge in [0.2, 0.25) is 11.8 Å². The minimum absolute atomic E-state index is 0.0214. The van der Waals surface area contributed by atoms with Crippen molar-refractivity contribution in [2.24, 2.45) is 17.6 Å². The third kappa shape index (κ3) is 5.47. The van der Waals surface area contributed by atoms with Crippen molar-refractivity contribution in [3.8, 4) is 11.4 Å². The molecule has 3 rings (SSSR count). The number of rotatable bonds is 7. The van der Waals surface area contributed by atoms with Crippen LogP contribution >= 0.6 is 35.0 Å². The number of amides is 2. The number of likely N-dealkylation sites (tertiary alicyclic amines) is 1. The number of aromatic nitrogens is 3. The van der Waals surface area contributed by atoms with Gasteiger partial charge in [-0.3, -0.25) is 9.59 Å². The molecule has 1 aliphatic rings. The highest BCUT2D eigenvalue weighted by molar-refractivity contribution is 7.99. The van der Waals surface area contributed by atoms with Crippen LogP contribution in [0.5, 0.6) is 0 Å². The molecule has 1 aromatic carbocycles. The van der Waals surface area contributed by atoms with Crippen LogP contribution < -0.4 is 5.73 Å². The molecule has 2 N–H and O–H groups in total. The van der Waals surface area contributed by atoms with Crippen molar-refractivity contribution in [1.29, 1.82) is 0 Å². The second kappa shape index (κ2) is 10.0. The monoisotopic (exact) mass is 469 g/mol.